The van der Waals surface area contributed by atoms with Crippen molar-refractivity contribution < 1.29 is 5.11 Å². The molecule has 0 spiro atoms. The first-order valence-electron chi connectivity index (χ1n) is 10.0. The van der Waals surface area contributed by atoms with Crippen molar-refractivity contribution in [2.24, 2.45) is 4.99 Å². The summed E-state index contributed by atoms with van der Waals surface area (Å²) in [6, 6.07) is 18.2. The van der Waals surface area contributed by atoms with E-state index < -0.39 is 6.10 Å². The summed E-state index contributed by atoms with van der Waals surface area (Å²) in [5.41, 5.74) is 3.31. The van der Waals surface area contributed by atoms with E-state index >= 15 is 0 Å². The molecule has 1 heterocycles. The van der Waals surface area contributed by atoms with Gasteiger partial charge in [0.1, 0.15) is 0 Å². The van der Waals surface area contributed by atoms with Crippen molar-refractivity contribution in [3.63, 3.8) is 0 Å². The summed E-state index contributed by atoms with van der Waals surface area (Å²) < 4.78 is 2.05. The molecule has 6 nitrogen and oxygen atoms in total. The Labute approximate surface area is 195 Å². The van der Waals surface area contributed by atoms with Gasteiger partial charge in [-0.1, -0.05) is 54.6 Å². The van der Waals surface area contributed by atoms with E-state index in [1.54, 1.807) is 6.20 Å². The van der Waals surface area contributed by atoms with Gasteiger partial charge in [0.2, 0.25) is 0 Å². The normalized spacial score (nSPS) is 12.1. The van der Waals surface area contributed by atoms with E-state index in [4.69, 9.17) is 0 Å². The molecule has 3 rings (SSSR count). The summed E-state index contributed by atoms with van der Waals surface area (Å²) in [4.78, 5) is 8.77. The van der Waals surface area contributed by atoms with Crippen LogP contribution in [-0.2, 0) is 13.1 Å². The third kappa shape index (κ3) is 7.79. The number of rotatable bonds is 9. The number of nitrogens with one attached hydrogen (secondary N) is 2. The number of nitrogens with zero attached hydrogens (tertiary/aromatic N) is 3. The molecule has 7 heteroatoms. The van der Waals surface area contributed by atoms with Crippen LogP contribution in [0.4, 0.5) is 0 Å². The molecule has 0 amide bonds. The van der Waals surface area contributed by atoms with Crippen LogP contribution in [0, 0.1) is 0 Å². The number of aliphatic imine (C=N–C) groups is 1. The zero-order valence-electron chi connectivity index (χ0n) is 17.2. The Bertz CT molecular complexity index is 884. The van der Waals surface area contributed by atoms with Crippen LogP contribution >= 0.6 is 24.0 Å². The van der Waals surface area contributed by atoms with Gasteiger partial charge in [0.05, 0.1) is 19.0 Å². The lowest BCUT2D eigenvalue weighted by molar-refractivity contribution is 0.168. The molecule has 0 fully saturated rings. The summed E-state index contributed by atoms with van der Waals surface area (Å²) in [6.07, 6.45) is 5.71. The van der Waals surface area contributed by atoms with Crippen LogP contribution in [0.3, 0.4) is 0 Å². The minimum atomic E-state index is -0.480. The van der Waals surface area contributed by atoms with E-state index in [0.29, 0.717) is 19.5 Å². The first kappa shape index (κ1) is 23.9. The predicted octanol–water partition coefficient (Wildman–Crippen LogP) is 3.73. The van der Waals surface area contributed by atoms with Crippen molar-refractivity contribution in [2.45, 2.75) is 32.5 Å². The van der Waals surface area contributed by atoms with Gasteiger partial charge in [0, 0.05) is 32.0 Å². The van der Waals surface area contributed by atoms with Gasteiger partial charge in [0.15, 0.2) is 5.96 Å². The number of imidazole rings is 1. The van der Waals surface area contributed by atoms with E-state index in [-0.39, 0.29) is 24.0 Å². The van der Waals surface area contributed by atoms with E-state index in [9.17, 15) is 5.11 Å². The number of hydrogen-bond acceptors (Lipinski definition) is 3. The number of hydrogen-bond donors (Lipinski definition) is 3. The molecule has 160 valence electrons. The van der Waals surface area contributed by atoms with Crippen LogP contribution in [-0.4, -0.2) is 33.7 Å². The zero-order chi connectivity index (χ0) is 20.3. The van der Waals surface area contributed by atoms with Gasteiger partial charge in [-0.25, -0.2) is 9.98 Å². The van der Waals surface area contributed by atoms with Crippen LogP contribution in [0.5, 0.6) is 0 Å². The highest BCUT2D eigenvalue weighted by Gasteiger charge is 2.07. The number of aliphatic hydroxyl groups excluding tert-OH is 1. The van der Waals surface area contributed by atoms with Crippen LogP contribution in [0.25, 0.3) is 0 Å². The highest BCUT2D eigenvalue weighted by Crippen LogP contribution is 2.14. The Morgan fingerprint density at radius 2 is 1.90 bits per heavy atom. The molecule has 0 bridgehead atoms. The van der Waals surface area contributed by atoms with E-state index in [2.05, 4.69) is 44.9 Å². The van der Waals surface area contributed by atoms with E-state index in [1.165, 1.54) is 5.56 Å². The van der Waals surface area contributed by atoms with Crippen molar-refractivity contribution in [1.29, 1.82) is 0 Å². The number of guanidine groups is 1. The first-order valence-corrected chi connectivity index (χ1v) is 10.0. The van der Waals surface area contributed by atoms with Gasteiger partial charge in [-0.2, -0.15) is 0 Å². The summed E-state index contributed by atoms with van der Waals surface area (Å²) in [6.45, 7) is 4.86. The molecular weight excluding hydrogens is 489 g/mol. The van der Waals surface area contributed by atoms with Crippen molar-refractivity contribution in [1.82, 2.24) is 20.2 Å². The molecule has 0 radical (unpaired) electrons. The second-order valence-corrected chi connectivity index (χ2v) is 6.89. The van der Waals surface area contributed by atoms with Crippen LogP contribution < -0.4 is 10.6 Å². The Morgan fingerprint density at radius 3 is 2.63 bits per heavy atom. The quantitative estimate of drug-likeness (QED) is 0.229. The minimum Gasteiger partial charge on any atom is -0.388 e. The van der Waals surface area contributed by atoms with Crippen LogP contribution in [0.2, 0.25) is 0 Å². The lowest BCUT2D eigenvalue weighted by Crippen LogP contribution is -2.38. The summed E-state index contributed by atoms with van der Waals surface area (Å²) >= 11 is 0. The maximum absolute atomic E-state index is 10.3. The number of aromatic nitrogens is 2. The number of benzene rings is 2. The summed E-state index contributed by atoms with van der Waals surface area (Å²) in [7, 11) is 0. The molecule has 0 aliphatic heterocycles. The molecule has 2 aromatic carbocycles. The zero-order valence-corrected chi connectivity index (χ0v) is 19.6. The van der Waals surface area contributed by atoms with Gasteiger partial charge in [-0.3, -0.25) is 0 Å². The fourth-order valence-corrected chi connectivity index (χ4v) is 3.10. The van der Waals surface area contributed by atoms with E-state index in [0.717, 1.165) is 30.2 Å². The summed E-state index contributed by atoms with van der Waals surface area (Å²) in [5.74, 6) is 0.757. The highest BCUT2D eigenvalue weighted by atomic mass is 127. The molecule has 0 aliphatic carbocycles. The third-order valence-electron chi connectivity index (χ3n) is 4.57. The molecule has 0 saturated carbocycles. The maximum atomic E-state index is 10.3. The molecule has 0 saturated heterocycles. The fraction of sp³-hybridized carbons (Fsp3) is 0.304. The third-order valence-corrected chi connectivity index (χ3v) is 4.57. The summed E-state index contributed by atoms with van der Waals surface area (Å²) in [5, 5.41) is 16.9. The Morgan fingerprint density at radius 1 is 1.10 bits per heavy atom. The first-order chi connectivity index (χ1) is 14.2. The molecular formula is C23H30IN5O. The van der Waals surface area contributed by atoms with Gasteiger partial charge in [-0.15, -0.1) is 24.0 Å². The van der Waals surface area contributed by atoms with Gasteiger partial charge in [-0.05, 0) is 30.0 Å². The second-order valence-electron chi connectivity index (χ2n) is 6.89. The molecule has 0 aliphatic rings. The van der Waals surface area contributed by atoms with Gasteiger partial charge < -0.3 is 20.3 Å². The van der Waals surface area contributed by atoms with Crippen molar-refractivity contribution in [3.8, 4) is 0 Å². The average Bonchev–Trinajstić information content (AvgIpc) is 3.26. The molecule has 1 aromatic heterocycles. The Kier molecular flexibility index (Phi) is 10.4. The largest absolute Gasteiger partial charge is 0.388 e. The van der Waals surface area contributed by atoms with Crippen LogP contribution in [0.1, 0.15) is 36.1 Å². The average molecular weight is 519 g/mol. The lowest BCUT2D eigenvalue weighted by atomic mass is 10.1. The molecule has 3 N–H and O–H groups in total. The second kappa shape index (κ2) is 13.0. The molecule has 1 atom stereocenters. The topological polar surface area (TPSA) is 74.5 Å². The van der Waals surface area contributed by atoms with Crippen molar-refractivity contribution in [3.05, 3.63) is 90.0 Å². The van der Waals surface area contributed by atoms with E-state index in [1.807, 2.05) is 54.3 Å². The predicted molar refractivity (Wildman–Crippen MR) is 132 cm³/mol. The van der Waals surface area contributed by atoms with Gasteiger partial charge in [0.25, 0.3) is 0 Å². The molecule has 3 aromatic rings. The van der Waals surface area contributed by atoms with Crippen molar-refractivity contribution in [2.75, 3.05) is 13.1 Å². The maximum Gasteiger partial charge on any atom is 0.191 e. The highest BCUT2D eigenvalue weighted by molar-refractivity contribution is 14.0. The lowest BCUT2D eigenvalue weighted by Gasteiger charge is -2.14. The SMILES string of the molecule is CCNC(=NCc1cccc(Cn2ccnc2)c1)NCCC(O)c1ccccc1.I. The monoisotopic (exact) mass is 519 g/mol. The van der Waals surface area contributed by atoms with Crippen LogP contribution in [0.15, 0.2) is 78.3 Å². The van der Waals surface area contributed by atoms with Gasteiger partial charge >= 0.3 is 0 Å². The molecule has 30 heavy (non-hydrogen) atoms. The fourth-order valence-electron chi connectivity index (χ4n) is 3.10. The van der Waals surface area contributed by atoms with Crippen molar-refractivity contribution >= 4 is 29.9 Å². The number of aliphatic hydroxyl groups is 1. The number of halogens is 1. The Hall–Kier alpha value is -2.39. The molecule has 1 unspecified atom stereocenters. The minimum absolute atomic E-state index is 0. The standard InChI is InChI=1S/C23H29N5O.HI/c1-2-25-23(26-12-11-22(29)21-9-4-3-5-10-21)27-16-19-7-6-8-20(15-19)17-28-14-13-24-18-28;/h3-10,13-15,18,22,29H,2,11-12,16-17H2,1H3,(H2,25,26,27);1H. The Balaban J connectivity index is 0.00000320. The smallest absolute Gasteiger partial charge is 0.191 e.